The van der Waals surface area contributed by atoms with E-state index in [0.717, 1.165) is 0 Å². The number of fused-ring (bicyclic) bond motifs is 1. The molecule has 1 unspecified atom stereocenters. The van der Waals surface area contributed by atoms with Gasteiger partial charge in [0.25, 0.3) is 0 Å². The van der Waals surface area contributed by atoms with E-state index in [1.54, 1.807) is 60.8 Å². The molecule has 4 heteroatoms. The summed E-state index contributed by atoms with van der Waals surface area (Å²) in [6.45, 7) is 0. The molecule has 0 aliphatic rings. The molecule has 1 aromatic heterocycles. The van der Waals surface area contributed by atoms with Crippen LogP contribution in [-0.4, -0.2) is 16.7 Å². The lowest BCUT2D eigenvalue weighted by Crippen LogP contribution is -2.20. The van der Waals surface area contributed by atoms with E-state index < -0.39 is 12.1 Å². The molecular formula is C24H17NO3. The van der Waals surface area contributed by atoms with E-state index in [4.69, 9.17) is 4.74 Å². The molecule has 0 radical (unpaired) electrons. The Morgan fingerprint density at radius 2 is 1.46 bits per heavy atom. The zero-order valence-corrected chi connectivity index (χ0v) is 15.0. The van der Waals surface area contributed by atoms with Gasteiger partial charge in [-0.15, -0.1) is 0 Å². The van der Waals surface area contributed by atoms with Gasteiger partial charge in [-0.05, 0) is 18.2 Å². The number of rotatable bonds is 5. The number of aromatic nitrogens is 1. The van der Waals surface area contributed by atoms with Crippen molar-refractivity contribution in [1.82, 2.24) is 4.98 Å². The van der Waals surface area contributed by atoms with E-state index in [0.29, 0.717) is 27.6 Å². The molecule has 0 N–H and O–H groups in total. The molecular weight excluding hydrogens is 350 g/mol. The lowest BCUT2D eigenvalue weighted by Gasteiger charge is -2.18. The van der Waals surface area contributed by atoms with Crippen LogP contribution >= 0.6 is 0 Å². The van der Waals surface area contributed by atoms with Crippen molar-refractivity contribution in [3.8, 4) is 0 Å². The van der Waals surface area contributed by atoms with Crippen LogP contribution in [0, 0.1) is 0 Å². The third kappa shape index (κ3) is 3.53. The number of pyridine rings is 1. The summed E-state index contributed by atoms with van der Waals surface area (Å²) in [5, 5.41) is 0.689. The molecule has 0 amide bonds. The highest BCUT2D eigenvalue weighted by Crippen LogP contribution is 2.26. The van der Waals surface area contributed by atoms with Crippen LogP contribution in [0.2, 0.25) is 0 Å². The number of benzene rings is 3. The van der Waals surface area contributed by atoms with Gasteiger partial charge in [-0.3, -0.25) is 9.78 Å². The Kier molecular flexibility index (Phi) is 4.93. The van der Waals surface area contributed by atoms with E-state index in [9.17, 15) is 9.59 Å². The molecule has 28 heavy (non-hydrogen) atoms. The molecule has 0 bridgehead atoms. The predicted molar refractivity (Wildman–Crippen MR) is 107 cm³/mol. The summed E-state index contributed by atoms with van der Waals surface area (Å²) < 4.78 is 5.73. The SMILES string of the molecule is O=C(OC(C(=O)c1ccccc1)c1ccccc1)c1cccc2ncccc12. The highest BCUT2D eigenvalue weighted by molar-refractivity contribution is 6.06. The minimum absolute atomic E-state index is 0.265. The zero-order valence-electron chi connectivity index (χ0n) is 15.0. The number of carbonyl (C=O) groups excluding carboxylic acids is 2. The maximum Gasteiger partial charge on any atom is 0.339 e. The second-order valence-corrected chi connectivity index (χ2v) is 6.30. The number of ketones is 1. The average Bonchev–Trinajstić information content (AvgIpc) is 2.77. The first-order chi connectivity index (χ1) is 13.7. The lowest BCUT2D eigenvalue weighted by molar-refractivity contribution is 0.0282. The summed E-state index contributed by atoms with van der Waals surface area (Å²) in [5.74, 6) is -0.824. The van der Waals surface area contributed by atoms with Crippen molar-refractivity contribution < 1.29 is 14.3 Å². The van der Waals surface area contributed by atoms with Crippen LogP contribution < -0.4 is 0 Å². The number of nitrogens with zero attached hydrogens (tertiary/aromatic N) is 1. The normalized spacial score (nSPS) is 11.7. The van der Waals surface area contributed by atoms with Gasteiger partial charge in [0.1, 0.15) is 0 Å². The predicted octanol–water partition coefficient (Wildman–Crippen LogP) is 5.02. The second-order valence-electron chi connectivity index (χ2n) is 6.30. The molecule has 4 rings (SSSR count). The third-order valence-electron chi connectivity index (χ3n) is 4.49. The largest absolute Gasteiger partial charge is 0.445 e. The van der Waals surface area contributed by atoms with Gasteiger partial charge in [0, 0.05) is 22.7 Å². The van der Waals surface area contributed by atoms with Crippen LogP contribution in [0.5, 0.6) is 0 Å². The number of ether oxygens (including phenoxy) is 1. The quantitative estimate of drug-likeness (QED) is 0.367. The summed E-state index contributed by atoms with van der Waals surface area (Å²) >= 11 is 0. The number of carbonyl (C=O) groups is 2. The summed E-state index contributed by atoms with van der Waals surface area (Å²) in [6.07, 6.45) is 0.645. The standard InChI is InChI=1S/C24H17NO3/c26-22(17-9-3-1-4-10-17)23(18-11-5-2-6-12-18)28-24(27)20-13-7-15-21-19(20)14-8-16-25-21/h1-16,23H. The van der Waals surface area contributed by atoms with Crippen LogP contribution in [0.4, 0.5) is 0 Å². The molecule has 1 heterocycles. The highest BCUT2D eigenvalue weighted by atomic mass is 16.5. The van der Waals surface area contributed by atoms with Gasteiger partial charge in [0.2, 0.25) is 5.78 Å². The third-order valence-corrected chi connectivity index (χ3v) is 4.49. The monoisotopic (exact) mass is 367 g/mol. The van der Waals surface area contributed by atoms with E-state index in [1.165, 1.54) is 0 Å². The Morgan fingerprint density at radius 3 is 2.21 bits per heavy atom. The van der Waals surface area contributed by atoms with E-state index in [1.807, 2.05) is 36.4 Å². The van der Waals surface area contributed by atoms with Crippen molar-refractivity contribution in [3.63, 3.8) is 0 Å². The number of hydrogen-bond acceptors (Lipinski definition) is 4. The molecule has 3 aromatic carbocycles. The molecule has 1 atom stereocenters. The van der Waals surface area contributed by atoms with Gasteiger partial charge >= 0.3 is 5.97 Å². The van der Waals surface area contributed by atoms with E-state index in [-0.39, 0.29) is 5.78 Å². The average molecular weight is 367 g/mol. The Labute approximate surface area is 162 Å². The smallest absolute Gasteiger partial charge is 0.339 e. The van der Waals surface area contributed by atoms with Gasteiger partial charge in [0.05, 0.1) is 11.1 Å². The van der Waals surface area contributed by atoms with Crippen molar-refractivity contribution in [2.75, 3.05) is 0 Å². The molecule has 4 aromatic rings. The zero-order chi connectivity index (χ0) is 19.3. The molecule has 0 saturated heterocycles. The van der Waals surface area contributed by atoms with Gasteiger partial charge in [0.15, 0.2) is 6.10 Å². The van der Waals surface area contributed by atoms with Crippen molar-refractivity contribution in [2.24, 2.45) is 0 Å². The number of hydrogen-bond donors (Lipinski definition) is 0. The minimum atomic E-state index is -1.02. The molecule has 0 fully saturated rings. The van der Waals surface area contributed by atoms with Crippen molar-refractivity contribution in [2.45, 2.75) is 6.10 Å². The fourth-order valence-corrected chi connectivity index (χ4v) is 3.11. The van der Waals surface area contributed by atoms with Crippen molar-refractivity contribution in [1.29, 1.82) is 0 Å². The number of Topliss-reactive ketones (excluding diaryl/α,β-unsaturated/α-hetero) is 1. The lowest BCUT2D eigenvalue weighted by atomic mass is 9.99. The fraction of sp³-hybridized carbons (Fsp3) is 0.0417. The minimum Gasteiger partial charge on any atom is -0.445 e. The molecule has 0 spiro atoms. The second kappa shape index (κ2) is 7.84. The Hall–Kier alpha value is -3.79. The summed E-state index contributed by atoms with van der Waals surface area (Å²) in [6, 6.07) is 26.7. The Morgan fingerprint density at radius 1 is 0.750 bits per heavy atom. The first-order valence-electron chi connectivity index (χ1n) is 8.93. The van der Waals surface area contributed by atoms with Crippen LogP contribution in [0.3, 0.4) is 0 Å². The van der Waals surface area contributed by atoms with Crippen LogP contribution in [0.1, 0.15) is 32.4 Å². The van der Waals surface area contributed by atoms with Crippen molar-refractivity contribution in [3.05, 3.63) is 114 Å². The maximum absolute atomic E-state index is 13.1. The van der Waals surface area contributed by atoms with Gasteiger partial charge in [-0.1, -0.05) is 72.8 Å². The van der Waals surface area contributed by atoms with Crippen molar-refractivity contribution >= 4 is 22.7 Å². The van der Waals surface area contributed by atoms with Gasteiger partial charge in [-0.25, -0.2) is 4.79 Å². The molecule has 0 saturated carbocycles. The summed E-state index contributed by atoms with van der Waals surface area (Å²) in [7, 11) is 0. The van der Waals surface area contributed by atoms with E-state index >= 15 is 0 Å². The first-order valence-corrected chi connectivity index (χ1v) is 8.93. The van der Waals surface area contributed by atoms with Gasteiger partial charge in [-0.2, -0.15) is 0 Å². The molecule has 0 aliphatic carbocycles. The number of esters is 1. The first kappa shape index (κ1) is 17.6. The van der Waals surface area contributed by atoms with Crippen LogP contribution in [-0.2, 0) is 4.74 Å². The maximum atomic E-state index is 13.1. The Bertz CT molecular complexity index is 1120. The fourth-order valence-electron chi connectivity index (χ4n) is 3.11. The Balaban J connectivity index is 1.71. The van der Waals surface area contributed by atoms with Crippen LogP contribution in [0.15, 0.2) is 97.2 Å². The molecule has 0 aliphatic heterocycles. The molecule has 136 valence electrons. The van der Waals surface area contributed by atoms with Gasteiger partial charge < -0.3 is 4.74 Å². The summed E-state index contributed by atoms with van der Waals surface area (Å²) in [4.78, 5) is 30.3. The summed E-state index contributed by atoms with van der Waals surface area (Å²) in [5.41, 5.74) is 2.20. The van der Waals surface area contributed by atoms with E-state index in [2.05, 4.69) is 4.98 Å². The topological polar surface area (TPSA) is 56.3 Å². The highest BCUT2D eigenvalue weighted by Gasteiger charge is 2.27. The van der Waals surface area contributed by atoms with Crippen LogP contribution in [0.25, 0.3) is 10.9 Å². The molecule has 4 nitrogen and oxygen atoms in total.